The molecule has 2 unspecified atom stereocenters. The first-order valence-electron chi connectivity index (χ1n) is 7.69. The largest absolute Gasteiger partial charge is 0.390 e. The predicted molar refractivity (Wildman–Crippen MR) is 81.1 cm³/mol. The molecule has 0 saturated heterocycles. The lowest BCUT2D eigenvalue weighted by atomic mass is 9.80. The Morgan fingerprint density at radius 1 is 1.05 bits per heavy atom. The number of rotatable bonds is 6. The van der Waals surface area contributed by atoms with Crippen LogP contribution in [0.4, 0.5) is 0 Å². The molecule has 0 aromatic heterocycles. The third-order valence-electron chi connectivity index (χ3n) is 4.23. The number of aliphatic hydroxyl groups is 1. The molecule has 2 atom stereocenters. The Kier molecular flexibility index (Phi) is 4.35. The Labute approximate surface area is 118 Å². The molecule has 1 aliphatic rings. The molecule has 1 N–H and O–H groups in total. The van der Waals surface area contributed by atoms with Gasteiger partial charge in [0, 0.05) is 0 Å². The van der Waals surface area contributed by atoms with Crippen LogP contribution in [0.3, 0.4) is 0 Å². The molecule has 0 radical (unpaired) electrons. The minimum Gasteiger partial charge on any atom is -0.390 e. The van der Waals surface area contributed by atoms with Gasteiger partial charge in [-0.1, -0.05) is 58.0 Å². The molecule has 1 aromatic rings. The van der Waals surface area contributed by atoms with Crippen molar-refractivity contribution in [3.05, 3.63) is 35.9 Å². The zero-order chi connectivity index (χ0) is 14.0. The minimum absolute atomic E-state index is 0.458. The van der Waals surface area contributed by atoms with Crippen LogP contribution in [0, 0.1) is 17.8 Å². The molecular weight excluding hydrogens is 232 g/mol. The van der Waals surface area contributed by atoms with E-state index in [0.717, 1.165) is 19.3 Å². The van der Waals surface area contributed by atoms with E-state index in [9.17, 15) is 5.11 Å². The summed E-state index contributed by atoms with van der Waals surface area (Å²) in [6.07, 6.45) is 3.01. The van der Waals surface area contributed by atoms with Crippen molar-refractivity contribution in [2.75, 3.05) is 0 Å². The molecule has 106 valence electrons. The van der Waals surface area contributed by atoms with Crippen molar-refractivity contribution in [1.82, 2.24) is 0 Å². The first kappa shape index (κ1) is 14.6. The minimum atomic E-state index is -0.469. The van der Waals surface area contributed by atoms with Gasteiger partial charge in [0.05, 0.1) is 5.60 Å². The van der Waals surface area contributed by atoms with E-state index in [1.54, 1.807) is 0 Å². The molecule has 19 heavy (non-hydrogen) atoms. The highest BCUT2D eigenvalue weighted by atomic mass is 16.3. The molecule has 1 heteroatoms. The van der Waals surface area contributed by atoms with Gasteiger partial charge in [-0.05, 0) is 48.5 Å². The van der Waals surface area contributed by atoms with Gasteiger partial charge in [-0.2, -0.15) is 0 Å². The summed E-state index contributed by atoms with van der Waals surface area (Å²) < 4.78 is 0. The summed E-state index contributed by atoms with van der Waals surface area (Å²) in [6, 6.07) is 10.7. The quantitative estimate of drug-likeness (QED) is 0.791. The summed E-state index contributed by atoms with van der Waals surface area (Å²) in [4.78, 5) is 0. The lowest BCUT2D eigenvalue weighted by molar-refractivity contribution is -0.0220. The van der Waals surface area contributed by atoms with Crippen LogP contribution in [0.5, 0.6) is 0 Å². The topological polar surface area (TPSA) is 20.2 Å². The molecule has 1 saturated carbocycles. The zero-order valence-corrected chi connectivity index (χ0v) is 12.8. The summed E-state index contributed by atoms with van der Waals surface area (Å²) in [5, 5.41) is 11.1. The molecule has 1 aliphatic carbocycles. The van der Waals surface area contributed by atoms with Crippen LogP contribution in [0.1, 0.15) is 58.4 Å². The highest BCUT2D eigenvalue weighted by Gasteiger charge is 2.52. The summed E-state index contributed by atoms with van der Waals surface area (Å²) >= 11 is 0. The van der Waals surface area contributed by atoms with Gasteiger partial charge in [0.1, 0.15) is 0 Å². The summed E-state index contributed by atoms with van der Waals surface area (Å²) in [6.45, 7) is 8.85. The fourth-order valence-corrected chi connectivity index (χ4v) is 3.66. The van der Waals surface area contributed by atoms with E-state index in [-0.39, 0.29) is 0 Å². The first-order valence-corrected chi connectivity index (χ1v) is 7.69. The first-order chi connectivity index (χ1) is 8.92. The Hall–Kier alpha value is -0.820. The van der Waals surface area contributed by atoms with Crippen molar-refractivity contribution in [3.63, 3.8) is 0 Å². The summed E-state index contributed by atoms with van der Waals surface area (Å²) in [5.41, 5.74) is 0.932. The van der Waals surface area contributed by atoms with Gasteiger partial charge < -0.3 is 5.11 Å². The zero-order valence-electron chi connectivity index (χ0n) is 12.8. The second-order valence-electron chi connectivity index (χ2n) is 7.16. The van der Waals surface area contributed by atoms with Crippen molar-refractivity contribution >= 4 is 0 Å². The molecule has 0 aliphatic heterocycles. The summed E-state index contributed by atoms with van der Waals surface area (Å²) in [5.74, 6) is 2.14. The monoisotopic (exact) mass is 260 g/mol. The van der Waals surface area contributed by atoms with E-state index in [4.69, 9.17) is 0 Å². The average Bonchev–Trinajstić information content (AvgIpc) is 3.08. The van der Waals surface area contributed by atoms with Gasteiger partial charge >= 0.3 is 0 Å². The fraction of sp³-hybridized carbons (Fsp3) is 0.667. The number of hydrogen-bond donors (Lipinski definition) is 1. The van der Waals surface area contributed by atoms with Gasteiger partial charge in [0.25, 0.3) is 0 Å². The van der Waals surface area contributed by atoms with Crippen molar-refractivity contribution in [1.29, 1.82) is 0 Å². The van der Waals surface area contributed by atoms with Crippen LogP contribution < -0.4 is 0 Å². The molecule has 0 amide bonds. The Bertz CT molecular complexity index is 383. The molecular formula is C18H28O. The van der Waals surface area contributed by atoms with Crippen LogP contribution in [0.25, 0.3) is 0 Å². The van der Waals surface area contributed by atoms with E-state index in [0.29, 0.717) is 23.7 Å². The molecule has 0 spiro atoms. The highest BCUT2D eigenvalue weighted by molar-refractivity contribution is 5.27. The molecule has 0 bridgehead atoms. The maximum Gasteiger partial charge on any atom is 0.0686 e. The van der Waals surface area contributed by atoms with Gasteiger partial charge in [-0.15, -0.1) is 0 Å². The Balaban J connectivity index is 2.09. The van der Waals surface area contributed by atoms with E-state index in [2.05, 4.69) is 58.0 Å². The standard InChI is InChI=1S/C18H28O/c1-13(2)11-18(19,12-14(3)4)17-10-16(17)15-8-6-5-7-9-15/h5-9,13-14,16-17,19H,10-12H2,1-4H3. The molecule has 1 nitrogen and oxygen atoms in total. The number of benzene rings is 1. The fourth-order valence-electron chi connectivity index (χ4n) is 3.66. The molecule has 0 heterocycles. The Morgan fingerprint density at radius 2 is 1.58 bits per heavy atom. The predicted octanol–water partition coefficient (Wildman–Crippen LogP) is 4.61. The van der Waals surface area contributed by atoms with Crippen LogP contribution >= 0.6 is 0 Å². The lowest BCUT2D eigenvalue weighted by Crippen LogP contribution is -2.35. The summed E-state index contributed by atoms with van der Waals surface area (Å²) in [7, 11) is 0. The van der Waals surface area contributed by atoms with Gasteiger partial charge in [-0.3, -0.25) is 0 Å². The van der Waals surface area contributed by atoms with Crippen molar-refractivity contribution in [2.45, 2.75) is 58.5 Å². The van der Waals surface area contributed by atoms with E-state index in [1.807, 2.05) is 0 Å². The maximum absolute atomic E-state index is 11.1. The van der Waals surface area contributed by atoms with E-state index < -0.39 is 5.60 Å². The molecule has 1 fully saturated rings. The average molecular weight is 260 g/mol. The lowest BCUT2D eigenvalue weighted by Gasteiger charge is -2.32. The van der Waals surface area contributed by atoms with Crippen LogP contribution in [0.15, 0.2) is 30.3 Å². The van der Waals surface area contributed by atoms with Gasteiger partial charge in [-0.25, -0.2) is 0 Å². The van der Waals surface area contributed by atoms with Crippen LogP contribution in [-0.2, 0) is 0 Å². The van der Waals surface area contributed by atoms with Crippen molar-refractivity contribution < 1.29 is 5.11 Å². The Morgan fingerprint density at radius 3 is 2.05 bits per heavy atom. The second-order valence-corrected chi connectivity index (χ2v) is 7.16. The number of hydrogen-bond acceptors (Lipinski definition) is 1. The second kappa shape index (κ2) is 5.66. The molecule has 1 aromatic carbocycles. The van der Waals surface area contributed by atoms with Gasteiger partial charge in [0.15, 0.2) is 0 Å². The normalized spacial score (nSPS) is 23.1. The SMILES string of the molecule is CC(C)CC(O)(CC(C)C)C1CC1c1ccccc1. The van der Waals surface area contributed by atoms with Crippen molar-refractivity contribution in [3.8, 4) is 0 Å². The smallest absolute Gasteiger partial charge is 0.0686 e. The third kappa shape index (κ3) is 3.60. The van der Waals surface area contributed by atoms with Crippen molar-refractivity contribution in [2.24, 2.45) is 17.8 Å². The van der Waals surface area contributed by atoms with Crippen LogP contribution in [-0.4, -0.2) is 10.7 Å². The maximum atomic E-state index is 11.1. The third-order valence-corrected chi connectivity index (χ3v) is 4.23. The van der Waals surface area contributed by atoms with E-state index >= 15 is 0 Å². The highest BCUT2D eigenvalue weighted by Crippen LogP contribution is 2.56. The van der Waals surface area contributed by atoms with Gasteiger partial charge in [0.2, 0.25) is 0 Å². The van der Waals surface area contributed by atoms with Crippen LogP contribution in [0.2, 0.25) is 0 Å². The van der Waals surface area contributed by atoms with E-state index in [1.165, 1.54) is 5.56 Å². The molecule has 2 rings (SSSR count).